The highest BCUT2D eigenvalue weighted by Crippen LogP contribution is 2.33. The Hall–Kier alpha value is -1.56. The summed E-state index contributed by atoms with van der Waals surface area (Å²) in [6, 6.07) is 9.91. The molecule has 0 aliphatic carbocycles. The van der Waals surface area contributed by atoms with E-state index in [1.807, 2.05) is 0 Å². The van der Waals surface area contributed by atoms with Crippen LogP contribution < -0.4 is 0 Å². The zero-order valence-corrected chi connectivity index (χ0v) is 13.4. The number of aromatic hydroxyl groups is 1. The summed E-state index contributed by atoms with van der Waals surface area (Å²) in [5.74, 6) is 0.602. The van der Waals surface area contributed by atoms with Crippen molar-refractivity contribution in [2.24, 2.45) is 0 Å². The number of benzene rings is 2. The highest BCUT2D eigenvalue weighted by Gasteiger charge is 2.15. The summed E-state index contributed by atoms with van der Waals surface area (Å²) >= 11 is 15.2. The van der Waals surface area contributed by atoms with Crippen molar-refractivity contribution in [3.8, 4) is 28.6 Å². The Morgan fingerprint density at radius 1 is 1.10 bits per heavy atom. The molecule has 7 heteroatoms. The van der Waals surface area contributed by atoms with E-state index in [0.717, 1.165) is 10.0 Å². The molecule has 0 fully saturated rings. The molecule has 0 atom stereocenters. The van der Waals surface area contributed by atoms with E-state index in [1.54, 1.807) is 30.3 Å². The molecule has 0 saturated heterocycles. The Kier molecular flexibility index (Phi) is 3.89. The lowest BCUT2D eigenvalue weighted by molar-refractivity contribution is 0.426. The van der Waals surface area contributed by atoms with Gasteiger partial charge in [-0.1, -0.05) is 28.4 Å². The monoisotopic (exact) mass is 384 g/mol. The molecule has 106 valence electrons. The molecular weight excluding hydrogens is 379 g/mol. The summed E-state index contributed by atoms with van der Waals surface area (Å²) < 4.78 is 5.92. The molecule has 1 N–H and O–H groups in total. The molecule has 0 bridgehead atoms. The molecule has 0 amide bonds. The van der Waals surface area contributed by atoms with Crippen molar-refractivity contribution in [1.29, 1.82) is 0 Å². The van der Waals surface area contributed by atoms with Crippen LogP contribution in [0.2, 0.25) is 10.0 Å². The number of nitrogens with zero attached hydrogens (tertiary/aromatic N) is 2. The van der Waals surface area contributed by atoms with Gasteiger partial charge in [0, 0.05) is 15.1 Å². The fourth-order valence-electron chi connectivity index (χ4n) is 1.76. The second-order valence-corrected chi connectivity index (χ2v) is 5.91. The van der Waals surface area contributed by atoms with Gasteiger partial charge in [-0.15, -0.1) is 0 Å². The van der Waals surface area contributed by atoms with Gasteiger partial charge in [0.2, 0.25) is 5.82 Å². The van der Waals surface area contributed by atoms with Crippen molar-refractivity contribution in [3.05, 3.63) is 50.9 Å². The van der Waals surface area contributed by atoms with Crippen LogP contribution in [0.5, 0.6) is 5.75 Å². The van der Waals surface area contributed by atoms with Gasteiger partial charge in [0.25, 0.3) is 5.89 Å². The van der Waals surface area contributed by atoms with E-state index in [2.05, 4.69) is 26.1 Å². The predicted octanol–water partition coefficient (Wildman–Crippen LogP) is 5.18. The van der Waals surface area contributed by atoms with Crippen molar-refractivity contribution in [2.45, 2.75) is 0 Å². The number of hydrogen-bond acceptors (Lipinski definition) is 4. The number of aromatic nitrogens is 2. The lowest BCUT2D eigenvalue weighted by Crippen LogP contribution is -1.83. The Morgan fingerprint density at radius 2 is 1.90 bits per heavy atom. The molecule has 21 heavy (non-hydrogen) atoms. The number of halogens is 3. The van der Waals surface area contributed by atoms with Gasteiger partial charge in [-0.2, -0.15) is 4.98 Å². The molecule has 0 saturated carbocycles. The maximum absolute atomic E-state index is 9.84. The average molecular weight is 386 g/mol. The zero-order valence-electron chi connectivity index (χ0n) is 10.3. The Bertz CT molecular complexity index is 820. The van der Waals surface area contributed by atoms with Crippen molar-refractivity contribution in [1.82, 2.24) is 10.1 Å². The van der Waals surface area contributed by atoms with Crippen molar-refractivity contribution >= 4 is 39.1 Å². The molecule has 1 heterocycles. The second-order valence-electron chi connectivity index (χ2n) is 4.21. The minimum atomic E-state index is 0.0203. The summed E-state index contributed by atoms with van der Waals surface area (Å²) in [4.78, 5) is 4.26. The predicted molar refractivity (Wildman–Crippen MR) is 84.6 cm³/mol. The van der Waals surface area contributed by atoms with Crippen molar-refractivity contribution in [2.75, 3.05) is 0 Å². The molecule has 0 aliphatic rings. The molecule has 0 spiro atoms. The van der Waals surface area contributed by atoms with Crippen LogP contribution in [0, 0.1) is 0 Å². The van der Waals surface area contributed by atoms with Gasteiger partial charge in [0.05, 0.1) is 10.6 Å². The molecule has 0 radical (unpaired) electrons. The quantitative estimate of drug-likeness (QED) is 0.660. The minimum absolute atomic E-state index is 0.0203. The Balaban J connectivity index is 2.03. The molecule has 2 aromatic carbocycles. The number of phenols is 1. The summed E-state index contributed by atoms with van der Waals surface area (Å²) in [7, 11) is 0. The summed E-state index contributed by atoms with van der Waals surface area (Å²) in [6.07, 6.45) is 0. The number of rotatable bonds is 2. The van der Waals surface area contributed by atoms with Crippen LogP contribution in [0.15, 0.2) is 45.4 Å². The topological polar surface area (TPSA) is 59.2 Å². The smallest absolute Gasteiger partial charge is 0.262 e. The van der Waals surface area contributed by atoms with E-state index < -0.39 is 0 Å². The van der Waals surface area contributed by atoms with Crippen molar-refractivity contribution < 1.29 is 9.63 Å². The summed E-state index contributed by atoms with van der Waals surface area (Å²) in [6.45, 7) is 0. The van der Waals surface area contributed by atoms with E-state index in [0.29, 0.717) is 21.4 Å². The zero-order chi connectivity index (χ0) is 15.0. The molecule has 4 nitrogen and oxygen atoms in total. The van der Waals surface area contributed by atoms with E-state index in [1.165, 1.54) is 6.07 Å². The largest absolute Gasteiger partial charge is 0.507 e. The van der Waals surface area contributed by atoms with Crippen LogP contribution in [-0.2, 0) is 0 Å². The average Bonchev–Trinajstić information content (AvgIpc) is 2.94. The maximum atomic E-state index is 9.84. The van der Waals surface area contributed by atoms with Gasteiger partial charge in [-0.3, -0.25) is 0 Å². The fraction of sp³-hybridized carbons (Fsp3) is 0. The second kappa shape index (κ2) is 5.67. The summed E-state index contributed by atoms with van der Waals surface area (Å²) in [5, 5.41) is 14.8. The van der Waals surface area contributed by atoms with Crippen LogP contribution in [0.3, 0.4) is 0 Å². The summed E-state index contributed by atoms with van der Waals surface area (Å²) in [5.41, 5.74) is 1.12. The van der Waals surface area contributed by atoms with Gasteiger partial charge in [0.15, 0.2) is 0 Å². The van der Waals surface area contributed by atoms with Gasteiger partial charge in [-0.05, 0) is 52.3 Å². The molecular formula is C14H7BrCl2N2O2. The van der Waals surface area contributed by atoms with Crippen LogP contribution >= 0.6 is 39.1 Å². The van der Waals surface area contributed by atoms with E-state index in [4.69, 9.17) is 27.7 Å². The van der Waals surface area contributed by atoms with Crippen LogP contribution in [-0.4, -0.2) is 15.2 Å². The number of hydrogen-bond donors (Lipinski definition) is 1. The standard InChI is InChI=1S/C14H7BrCl2N2O2/c15-10-5-7(1-3-11(10)17)13-18-14(21-19-13)9-6-8(16)2-4-12(9)20/h1-6,20H. The lowest BCUT2D eigenvalue weighted by Gasteiger charge is -1.99. The molecule has 3 aromatic rings. The van der Waals surface area contributed by atoms with E-state index in [-0.39, 0.29) is 11.6 Å². The normalized spacial score (nSPS) is 10.8. The third kappa shape index (κ3) is 2.90. The highest BCUT2D eigenvalue weighted by molar-refractivity contribution is 9.10. The molecule has 0 unspecified atom stereocenters. The Labute approximate surface area is 138 Å². The van der Waals surface area contributed by atoms with E-state index in [9.17, 15) is 5.11 Å². The highest BCUT2D eigenvalue weighted by atomic mass is 79.9. The van der Waals surface area contributed by atoms with Crippen molar-refractivity contribution in [3.63, 3.8) is 0 Å². The molecule has 1 aromatic heterocycles. The van der Waals surface area contributed by atoms with Gasteiger partial charge in [0.1, 0.15) is 5.75 Å². The maximum Gasteiger partial charge on any atom is 0.262 e. The third-order valence-electron chi connectivity index (χ3n) is 2.79. The first-order valence-corrected chi connectivity index (χ1v) is 7.37. The minimum Gasteiger partial charge on any atom is -0.507 e. The molecule has 0 aliphatic heterocycles. The van der Waals surface area contributed by atoms with Crippen LogP contribution in [0.1, 0.15) is 0 Å². The lowest BCUT2D eigenvalue weighted by atomic mass is 10.2. The van der Waals surface area contributed by atoms with Gasteiger partial charge in [-0.25, -0.2) is 0 Å². The first-order valence-electron chi connectivity index (χ1n) is 5.82. The van der Waals surface area contributed by atoms with Crippen LogP contribution in [0.4, 0.5) is 0 Å². The Morgan fingerprint density at radius 3 is 2.67 bits per heavy atom. The fourth-order valence-corrected chi connectivity index (χ4v) is 2.43. The van der Waals surface area contributed by atoms with E-state index >= 15 is 0 Å². The third-order valence-corrected chi connectivity index (χ3v) is 4.24. The SMILES string of the molecule is Oc1ccc(Cl)cc1-c1nc(-c2ccc(Cl)c(Br)c2)no1. The first kappa shape index (κ1) is 14.4. The molecule has 3 rings (SSSR count). The number of phenolic OH excluding ortho intramolecular Hbond substituents is 1. The first-order chi connectivity index (χ1) is 10.0. The van der Waals surface area contributed by atoms with Gasteiger partial charge >= 0.3 is 0 Å². The van der Waals surface area contributed by atoms with Gasteiger partial charge < -0.3 is 9.63 Å². The van der Waals surface area contributed by atoms with Crippen LogP contribution in [0.25, 0.3) is 22.8 Å².